The Bertz CT molecular complexity index is 213. The Morgan fingerprint density at radius 1 is 1.40 bits per heavy atom. The maximum Gasteiger partial charge on any atom is 0.387 e. The van der Waals surface area contributed by atoms with E-state index in [0.717, 1.165) is 6.42 Å². The van der Waals surface area contributed by atoms with Gasteiger partial charge in [-0.25, -0.2) is 4.79 Å². The zero-order valence-electron chi connectivity index (χ0n) is 9.83. The van der Waals surface area contributed by atoms with Crippen molar-refractivity contribution in [2.24, 2.45) is 0 Å². The van der Waals surface area contributed by atoms with E-state index in [1.54, 1.807) is 21.1 Å². The molecule has 0 aromatic carbocycles. The van der Waals surface area contributed by atoms with E-state index in [0.29, 0.717) is 12.2 Å². The molecule has 1 unspecified atom stereocenters. The Morgan fingerprint density at radius 2 is 1.93 bits per heavy atom. The Hall–Kier alpha value is -0.653. The van der Waals surface area contributed by atoms with E-state index in [2.05, 4.69) is 6.58 Å². The molecule has 0 aromatic heterocycles. The van der Waals surface area contributed by atoms with Crippen LogP contribution < -0.4 is 0 Å². The molecule has 0 rings (SSSR count). The highest BCUT2D eigenvalue weighted by molar-refractivity contribution is 6.46. The molecule has 1 atom stereocenters. The lowest BCUT2D eigenvalue weighted by Gasteiger charge is -2.16. The molecule has 0 aliphatic rings. The molecule has 0 bridgehead atoms. The first-order valence-electron chi connectivity index (χ1n) is 4.80. The van der Waals surface area contributed by atoms with Crippen molar-refractivity contribution in [2.45, 2.75) is 25.8 Å². The molecule has 0 aromatic rings. The minimum Gasteiger partial charge on any atom is -0.462 e. The molecular weight excluding hydrogens is 212 g/mol. The summed E-state index contributed by atoms with van der Waals surface area (Å²) < 4.78 is 15.4. The van der Waals surface area contributed by atoms with Gasteiger partial charge < -0.3 is 13.6 Å². The Labute approximate surface area is 93.1 Å². The van der Waals surface area contributed by atoms with Crippen LogP contribution in [0.3, 0.4) is 0 Å². The van der Waals surface area contributed by atoms with Crippen LogP contribution in [0.25, 0.3) is 0 Å². The monoisotopic (exact) mass is 231 g/mol. The summed E-state index contributed by atoms with van der Waals surface area (Å²) in [5.41, 5.74) is 0.703. The summed E-state index contributed by atoms with van der Waals surface area (Å²) in [6, 6.07) is 0. The van der Waals surface area contributed by atoms with Crippen molar-refractivity contribution in [2.75, 3.05) is 20.8 Å². The number of carbonyl (C=O) groups excluding carboxylic acids is 1. The second kappa shape index (κ2) is 7.61. The van der Waals surface area contributed by atoms with Crippen LogP contribution in [0, 0.1) is 0 Å². The van der Waals surface area contributed by atoms with Gasteiger partial charge >= 0.3 is 15.3 Å². The zero-order chi connectivity index (χ0) is 11.8. The van der Waals surface area contributed by atoms with Gasteiger partial charge in [0.05, 0.1) is 6.61 Å². The molecule has 0 amide bonds. The molecular formula is C10H19O4Si. The van der Waals surface area contributed by atoms with Gasteiger partial charge in [0, 0.05) is 25.3 Å². The van der Waals surface area contributed by atoms with E-state index < -0.39 is 9.28 Å². The van der Waals surface area contributed by atoms with Crippen molar-refractivity contribution in [3.8, 4) is 0 Å². The number of rotatable bonds is 7. The van der Waals surface area contributed by atoms with E-state index in [-0.39, 0.29) is 11.5 Å². The van der Waals surface area contributed by atoms with Gasteiger partial charge in [0.15, 0.2) is 0 Å². The summed E-state index contributed by atoms with van der Waals surface area (Å²) in [5.74, 6) is -0.342. The van der Waals surface area contributed by atoms with Crippen molar-refractivity contribution in [1.82, 2.24) is 0 Å². The predicted octanol–water partition coefficient (Wildman–Crippen LogP) is 1.67. The molecule has 15 heavy (non-hydrogen) atoms. The Balaban J connectivity index is 3.76. The second-order valence-corrected chi connectivity index (χ2v) is 5.77. The first-order chi connectivity index (χ1) is 7.02. The minimum absolute atomic E-state index is 0.280. The van der Waals surface area contributed by atoms with Crippen molar-refractivity contribution in [3.05, 3.63) is 12.2 Å². The quantitative estimate of drug-likeness (QED) is 0.380. The summed E-state index contributed by atoms with van der Waals surface area (Å²) in [6.07, 6.45) is 0.745. The Kier molecular flexibility index (Phi) is 7.28. The first-order valence-corrected chi connectivity index (χ1v) is 6.19. The molecule has 0 aliphatic carbocycles. The lowest BCUT2D eigenvalue weighted by atomic mass is 10.3. The van der Waals surface area contributed by atoms with Crippen LogP contribution in [0.4, 0.5) is 0 Å². The third kappa shape index (κ3) is 5.71. The fourth-order valence-corrected chi connectivity index (χ4v) is 2.38. The molecule has 0 fully saturated rings. The van der Waals surface area contributed by atoms with E-state index in [4.69, 9.17) is 13.6 Å². The van der Waals surface area contributed by atoms with Crippen LogP contribution in [0.1, 0.15) is 20.3 Å². The third-order valence-electron chi connectivity index (χ3n) is 1.94. The second-order valence-electron chi connectivity index (χ2n) is 3.33. The fourth-order valence-electron chi connectivity index (χ4n) is 1.06. The zero-order valence-corrected chi connectivity index (χ0v) is 10.8. The summed E-state index contributed by atoms with van der Waals surface area (Å²) >= 11 is 0. The van der Waals surface area contributed by atoms with E-state index >= 15 is 0 Å². The molecule has 5 heteroatoms. The van der Waals surface area contributed by atoms with Crippen LogP contribution in [-0.2, 0) is 18.4 Å². The van der Waals surface area contributed by atoms with Crippen molar-refractivity contribution >= 4 is 15.3 Å². The van der Waals surface area contributed by atoms with Gasteiger partial charge in [-0.2, -0.15) is 0 Å². The van der Waals surface area contributed by atoms with Crippen LogP contribution in [0.2, 0.25) is 5.54 Å². The highest BCUT2D eigenvalue weighted by Crippen LogP contribution is 2.15. The van der Waals surface area contributed by atoms with Crippen LogP contribution in [0.15, 0.2) is 12.2 Å². The third-order valence-corrected chi connectivity index (χ3v) is 3.84. The number of hydrogen-bond acceptors (Lipinski definition) is 4. The molecule has 0 N–H and O–H groups in total. The van der Waals surface area contributed by atoms with E-state index in [1.807, 2.05) is 6.92 Å². The predicted molar refractivity (Wildman–Crippen MR) is 59.6 cm³/mol. The van der Waals surface area contributed by atoms with Crippen LogP contribution in [0.5, 0.6) is 0 Å². The average Bonchev–Trinajstić information content (AvgIpc) is 2.19. The number of hydrogen-bond donors (Lipinski definition) is 0. The normalized spacial score (nSPS) is 12.6. The highest BCUT2D eigenvalue weighted by Gasteiger charge is 2.21. The SMILES string of the molecule is C=C(C)C(=O)OCCC(C)[Si](OC)OC. The van der Waals surface area contributed by atoms with Gasteiger partial charge in [-0.05, 0) is 13.3 Å². The van der Waals surface area contributed by atoms with Gasteiger partial charge in [0.25, 0.3) is 0 Å². The van der Waals surface area contributed by atoms with Gasteiger partial charge in [-0.1, -0.05) is 13.5 Å². The summed E-state index contributed by atoms with van der Waals surface area (Å²) in [6.45, 7) is 7.54. The topological polar surface area (TPSA) is 44.8 Å². The van der Waals surface area contributed by atoms with Gasteiger partial charge in [0.1, 0.15) is 0 Å². The number of ether oxygens (including phenoxy) is 1. The molecule has 0 saturated heterocycles. The first kappa shape index (κ1) is 14.3. The van der Waals surface area contributed by atoms with E-state index in [9.17, 15) is 4.79 Å². The summed E-state index contributed by atoms with van der Waals surface area (Å²) in [5, 5.41) is 0. The van der Waals surface area contributed by atoms with Crippen molar-refractivity contribution in [3.63, 3.8) is 0 Å². The maximum absolute atomic E-state index is 11.1. The van der Waals surface area contributed by atoms with Crippen LogP contribution >= 0.6 is 0 Å². The minimum atomic E-state index is -1.23. The maximum atomic E-state index is 11.1. The molecule has 0 saturated carbocycles. The van der Waals surface area contributed by atoms with Crippen molar-refractivity contribution in [1.29, 1.82) is 0 Å². The van der Waals surface area contributed by atoms with Gasteiger partial charge in [0.2, 0.25) is 0 Å². The van der Waals surface area contributed by atoms with Gasteiger partial charge in [-0.3, -0.25) is 0 Å². The van der Waals surface area contributed by atoms with Crippen molar-refractivity contribution < 1.29 is 18.4 Å². The van der Waals surface area contributed by atoms with Gasteiger partial charge in [-0.15, -0.1) is 0 Å². The summed E-state index contributed by atoms with van der Waals surface area (Å²) in [7, 11) is 2.03. The van der Waals surface area contributed by atoms with Crippen LogP contribution in [-0.4, -0.2) is 36.1 Å². The smallest absolute Gasteiger partial charge is 0.387 e. The molecule has 0 aliphatic heterocycles. The number of esters is 1. The highest BCUT2D eigenvalue weighted by atomic mass is 28.3. The average molecular weight is 231 g/mol. The lowest BCUT2D eigenvalue weighted by molar-refractivity contribution is -0.139. The fraction of sp³-hybridized carbons (Fsp3) is 0.700. The molecule has 0 spiro atoms. The summed E-state index contributed by atoms with van der Waals surface area (Å²) in [4.78, 5) is 11.1. The standard InChI is InChI=1S/C10H19O4Si/c1-8(2)10(11)14-7-6-9(3)15(12-4)13-5/h9H,1,6-7H2,2-5H3. The lowest BCUT2D eigenvalue weighted by Crippen LogP contribution is -2.25. The molecule has 1 radical (unpaired) electrons. The largest absolute Gasteiger partial charge is 0.462 e. The number of carbonyl (C=O) groups is 1. The molecule has 4 nitrogen and oxygen atoms in total. The molecule has 0 heterocycles. The van der Waals surface area contributed by atoms with E-state index in [1.165, 1.54) is 0 Å². The molecule has 87 valence electrons. The Morgan fingerprint density at radius 3 is 2.33 bits per heavy atom.